The van der Waals surface area contributed by atoms with E-state index in [1.165, 1.54) is 0 Å². The molecule has 2 heterocycles. The Labute approximate surface area is 142 Å². The summed E-state index contributed by atoms with van der Waals surface area (Å²) in [7, 11) is 0. The van der Waals surface area contributed by atoms with E-state index in [2.05, 4.69) is 14.1 Å². The lowest BCUT2D eigenvalue weighted by Crippen LogP contribution is -2.23. The number of fused-ring (bicyclic) bond motifs is 1. The zero-order chi connectivity index (χ0) is 16.5. The van der Waals surface area contributed by atoms with E-state index in [1.54, 1.807) is 23.1 Å². The van der Waals surface area contributed by atoms with Gasteiger partial charge in [-0.25, -0.2) is 0 Å². The van der Waals surface area contributed by atoms with Crippen LogP contribution >= 0.6 is 11.7 Å². The fourth-order valence-corrected chi connectivity index (χ4v) is 3.29. The molecule has 4 rings (SSSR count). The molecule has 0 saturated carbocycles. The zero-order valence-corrected chi connectivity index (χ0v) is 13.5. The van der Waals surface area contributed by atoms with Crippen LogP contribution in [0.5, 0.6) is 0 Å². The molecule has 1 fully saturated rings. The minimum absolute atomic E-state index is 0.150. The molecular weight excluding hydrogens is 324 g/mol. The van der Waals surface area contributed by atoms with E-state index in [1.807, 2.05) is 24.3 Å². The van der Waals surface area contributed by atoms with Crippen LogP contribution < -0.4 is 10.2 Å². The van der Waals surface area contributed by atoms with Gasteiger partial charge in [-0.3, -0.25) is 9.59 Å². The van der Waals surface area contributed by atoms with Gasteiger partial charge < -0.3 is 10.2 Å². The number of rotatable bonds is 3. The lowest BCUT2D eigenvalue weighted by atomic mass is 10.2. The van der Waals surface area contributed by atoms with Gasteiger partial charge in [0.15, 0.2) is 0 Å². The van der Waals surface area contributed by atoms with Crippen molar-refractivity contribution in [1.82, 2.24) is 8.75 Å². The van der Waals surface area contributed by atoms with Gasteiger partial charge in [-0.05, 0) is 48.9 Å². The van der Waals surface area contributed by atoms with Crippen molar-refractivity contribution in [3.63, 3.8) is 0 Å². The predicted octanol–water partition coefficient (Wildman–Crippen LogP) is 3.07. The molecule has 120 valence electrons. The van der Waals surface area contributed by atoms with Gasteiger partial charge in [-0.2, -0.15) is 8.75 Å². The second-order valence-electron chi connectivity index (χ2n) is 5.62. The molecule has 3 aromatic rings. The number of benzene rings is 2. The van der Waals surface area contributed by atoms with Gasteiger partial charge in [-0.15, -0.1) is 0 Å². The quantitative estimate of drug-likeness (QED) is 0.796. The third-order valence-corrected chi connectivity index (χ3v) is 4.58. The minimum Gasteiger partial charge on any atom is -0.322 e. The highest BCUT2D eigenvalue weighted by atomic mass is 32.1. The third-order valence-electron chi connectivity index (χ3n) is 4.03. The van der Waals surface area contributed by atoms with E-state index in [0.717, 1.165) is 41.4 Å². The Hall–Kier alpha value is -2.80. The van der Waals surface area contributed by atoms with Crippen LogP contribution in [0.3, 0.4) is 0 Å². The van der Waals surface area contributed by atoms with E-state index in [4.69, 9.17) is 0 Å². The highest BCUT2D eigenvalue weighted by molar-refractivity contribution is 7.00. The van der Waals surface area contributed by atoms with Gasteiger partial charge >= 0.3 is 0 Å². The highest BCUT2D eigenvalue weighted by Gasteiger charge is 2.21. The molecule has 1 N–H and O–H groups in total. The molecule has 0 radical (unpaired) electrons. The van der Waals surface area contributed by atoms with E-state index < -0.39 is 0 Å². The van der Waals surface area contributed by atoms with Crippen molar-refractivity contribution in [2.75, 3.05) is 16.8 Å². The number of anilines is 2. The summed E-state index contributed by atoms with van der Waals surface area (Å²) in [6.45, 7) is 0.756. The predicted molar refractivity (Wildman–Crippen MR) is 93.4 cm³/mol. The highest BCUT2D eigenvalue weighted by Crippen LogP contribution is 2.23. The summed E-state index contributed by atoms with van der Waals surface area (Å²) in [5.41, 5.74) is 3.60. The first-order chi connectivity index (χ1) is 11.7. The molecule has 0 bridgehead atoms. The van der Waals surface area contributed by atoms with Crippen LogP contribution in [-0.4, -0.2) is 27.1 Å². The molecule has 2 aromatic carbocycles. The van der Waals surface area contributed by atoms with Gasteiger partial charge in [0.1, 0.15) is 11.0 Å². The molecule has 1 aliphatic heterocycles. The van der Waals surface area contributed by atoms with Crippen LogP contribution in [0.25, 0.3) is 11.0 Å². The largest absolute Gasteiger partial charge is 0.322 e. The Bertz CT molecular complexity index is 920. The van der Waals surface area contributed by atoms with Gasteiger partial charge in [0.2, 0.25) is 5.91 Å². The zero-order valence-electron chi connectivity index (χ0n) is 12.7. The van der Waals surface area contributed by atoms with Crippen LogP contribution in [0.4, 0.5) is 11.4 Å². The molecule has 1 aromatic heterocycles. The van der Waals surface area contributed by atoms with Crippen molar-refractivity contribution in [3.05, 3.63) is 48.0 Å². The molecular formula is C17H14N4O2S. The van der Waals surface area contributed by atoms with Gasteiger partial charge in [-0.1, -0.05) is 0 Å². The van der Waals surface area contributed by atoms with Gasteiger partial charge in [0.25, 0.3) is 5.91 Å². The first kappa shape index (κ1) is 14.8. The monoisotopic (exact) mass is 338 g/mol. The molecule has 0 unspecified atom stereocenters. The summed E-state index contributed by atoms with van der Waals surface area (Å²) in [5.74, 6) is -0.0492. The first-order valence-electron chi connectivity index (χ1n) is 7.65. The maximum Gasteiger partial charge on any atom is 0.255 e. The summed E-state index contributed by atoms with van der Waals surface area (Å²) in [4.78, 5) is 25.9. The first-order valence-corrected chi connectivity index (χ1v) is 8.38. The van der Waals surface area contributed by atoms with Crippen molar-refractivity contribution >= 4 is 46.0 Å². The number of hydrogen-bond donors (Lipinski definition) is 1. The lowest BCUT2D eigenvalue weighted by molar-refractivity contribution is -0.117. The normalized spacial score (nSPS) is 14.3. The minimum atomic E-state index is -0.199. The molecule has 1 saturated heterocycles. The Kier molecular flexibility index (Phi) is 3.70. The second-order valence-corrected chi connectivity index (χ2v) is 6.15. The number of amides is 2. The van der Waals surface area contributed by atoms with Crippen molar-refractivity contribution in [1.29, 1.82) is 0 Å². The SMILES string of the molecule is O=C(Nc1ccc(N2CCCC2=O)cc1)c1ccc2nsnc2c1. The third kappa shape index (κ3) is 2.74. The average Bonchev–Trinajstić information content (AvgIpc) is 3.23. The van der Waals surface area contributed by atoms with Gasteiger partial charge in [0, 0.05) is 29.9 Å². The number of aromatic nitrogens is 2. The fourth-order valence-electron chi connectivity index (χ4n) is 2.77. The number of nitrogens with zero attached hydrogens (tertiary/aromatic N) is 3. The Morgan fingerprint density at radius 2 is 1.88 bits per heavy atom. The molecule has 7 heteroatoms. The van der Waals surface area contributed by atoms with E-state index >= 15 is 0 Å². The van der Waals surface area contributed by atoms with Crippen LogP contribution in [-0.2, 0) is 4.79 Å². The van der Waals surface area contributed by atoms with Crippen molar-refractivity contribution in [2.45, 2.75) is 12.8 Å². The van der Waals surface area contributed by atoms with Crippen molar-refractivity contribution in [2.24, 2.45) is 0 Å². The molecule has 0 spiro atoms. The van der Waals surface area contributed by atoms with Crippen LogP contribution in [0.1, 0.15) is 23.2 Å². The van der Waals surface area contributed by atoms with Gasteiger partial charge in [0.05, 0.1) is 11.7 Å². The number of hydrogen-bond acceptors (Lipinski definition) is 5. The van der Waals surface area contributed by atoms with E-state index in [9.17, 15) is 9.59 Å². The maximum atomic E-state index is 12.4. The summed E-state index contributed by atoms with van der Waals surface area (Å²) >= 11 is 1.13. The Morgan fingerprint density at radius 1 is 1.08 bits per heavy atom. The lowest BCUT2D eigenvalue weighted by Gasteiger charge is -2.16. The standard InChI is InChI=1S/C17H14N4O2S/c22-16-2-1-9-21(16)13-6-4-12(5-7-13)18-17(23)11-3-8-14-15(10-11)20-24-19-14/h3-8,10H,1-2,9H2,(H,18,23). The number of carbonyl (C=O) groups is 2. The Morgan fingerprint density at radius 3 is 2.62 bits per heavy atom. The second kappa shape index (κ2) is 6.01. The maximum absolute atomic E-state index is 12.4. The fraction of sp³-hybridized carbons (Fsp3) is 0.176. The molecule has 0 atom stereocenters. The molecule has 2 amide bonds. The van der Waals surface area contributed by atoms with Crippen LogP contribution in [0.2, 0.25) is 0 Å². The van der Waals surface area contributed by atoms with Crippen LogP contribution in [0.15, 0.2) is 42.5 Å². The summed E-state index contributed by atoms with van der Waals surface area (Å²) in [6, 6.07) is 12.6. The molecule has 1 aliphatic rings. The van der Waals surface area contributed by atoms with E-state index in [0.29, 0.717) is 17.7 Å². The molecule has 24 heavy (non-hydrogen) atoms. The summed E-state index contributed by atoms with van der Waals surface area (Å²) < 4.78 is 8.27. The summed E-state index contributed by atoms with van der Waals surface area (Å²) in [6.07, 6.45) is 1.50. The van der Waals surface area contributed by atoms with E-state index in [-0.39, 0.29) is 11.8 Å². The van der Waals surface area contributed by atoms with Crippen molar-refractivity contribution < 1.29 is 9.59 Å². The van der Waals surface area contributed by atoms with Crippen molar-refractivity contribution in [3.8, 4) is 0 Å². The Balaban J connectivity index is 1.50. The number of nitrogens with one attached hydrogen (secondary N) is 1. The molecule has 6 nitrogen and oxygen atoms in total. The van der Waals surface area contributed by atoms with Crippen LogP contribution in [0, 0.1) is 0 Å². The molecule has 0 aliphatic carbocycles. The number of carbonyl (C=O) groups excluding carboxylic acids is 2. The average molecular weight is 338 g/mol. The topological polar surface area (TPSA) is 75.2 Å². The smallest absolute Gasteiger partial charge is 0.255 e. The summed E-state index contributed by atoms with van der Waals surface area (Å²) in [5, 5.41) is 2.86.